The van der Waals surface area contributed by atoms with Crippen LogP contribution in [0.2, 0.25) is 0 Å². The maximum absolute atomic E-state index is 7.75. The molecule has 0 saturated heterocycles. The first-order valence-electron chi connectivity index (χ1n) is 33.1. The Kier molecular flexibility index (Phi) is 197. The molecule has 2 unspecified atom stereocenters. The molecule has 0 spiro atoms. The number of aromatic nitrogens is 6. The Morgan fingerprint density at radius 1 is 0.425 bits per heavy atom. The number of halogens is 5. The average molecular weight is 2690 g/mol. The van der Waals surface area contributed by atoms with Crippen LogP contribution >= 0.6 is 73.5 Å². The van der Waals surface area contributed by atoms with Crippen LogP contribution in [0.3, 0.4) is 0 Å². The number of benzene rings is 1. The Balaban J connectivity index is -0.0000000725. The number of hydrogen-bond donors (Lipinski definition) is 5. The van der Waals surface area contributed by atoms with Gasteiger partial charge in [-0.05, 0) is 133 Å². The Labute approximate surface area is 786 Å². The summed E-state index contributed by atoms with van der Waals surface area (Å²) in [7, 11) is 26.6. The Morgan fingerprint density at radius 3 is 0.850 bits per heavy atom. The van der Waals surface area contributed by atoms with Crippen LogP contribution in [-0.2, 0) is 206 Å². The Morgan fingerprint density at radius 2 is 0.655 bits per heavy atom. The molecule has 7 rings (SSSR count). The van der Waals surface area contributed by atoms with Crippen molar-refractivity contribution in [1.29, 1.82) is 0 Å². The topological polar surface area (TPSA) is 285 Å². The van der Waals surface area contributed by atoms with Crippen LogP contribution in [0, 0.1) is 47.1 Å². The molecule has 5 N–H and O–H groups in total. The molecule has 1 aromatic carbocycles. The molecular weight excluding hydrogens is 2570 g/mol. The molecule has 0 bridgehead atoms. The minimum absolute atomic E-state index is 0. The van der Waals surface area contributed by atoms with E-state index in [2.05, 4.69) is 233 Å². The van der Waals surface area contributed by atoms with Gasteiger partial charge >= 0.3 is 175 Å². The van der Waals surface area contributed by atoms with Gasteiger partial charge in [0.2, 0.25) is 0 Å². The van der Waals surface area contributed by atoms with Crippen molar-refractivity contribution in [2.45, 2.75) is 131 Å². The molecule has 0 aliphatic heterocycles. The third kappa shape index (κ3) is 129. The summed E-state index contributed by atoms with van der Waals surface area (Å²) in [4.78, 5) is 79.3. The van der Waals surface area contributed by atoms with Gasteiger partial charge in [0.05, 0.1) is 39.8 Å². The summed E-state index contributed by atoms with van der Waals surface area (Å²) >= 11 is 7.26. The van der Waals surface area contributed by atoms with E-state index in [-0.39, 0.29) is 47.5 Å². The van der Waals surface area contributed by atoms with E-state index in [1.807, 2.05) is 148 Å². The number of carbonyl (C=O) groups excluding carboxylic acids is 7. The van der Waals surface area contributed by atoms with Gasteiger partial charge in [-0.3, -0.25) is 77.4 Å². The summed E-state index contributed by atoms with van der Waals surface area (Å²) in [5.41, 5.74) is 9.40. The summed E-state index contributed by atoms with van der Waals surface area (Å²) < 4.78 is 0. The summed E-state index contributed by atoms with van der Waals surface area (Å²) in [6, 6.07) is 46.9. The molecule has 0 amide bonds. The third-order valence-electron chi connectivity index (χ3n) is 11.4. The molecule has 6 aromatic heterocycles. The standard InChI is InChI=1S/C15H24NP.5C9H13N2.C8H13N2P2.C3H7.7CHO.5ClH.4Os.3Ru.7H/c1-13(2)17(14(3)4)11-10-16-12-15-8-6-5-7-9-15;5*1-2-6-10-8-9-5-3-4-7-11-9;11-12-6-5-9-7-8-3-1-2-4-10-8;1-3-2;7*1-2;;;;;;;;;;;;;;;;;;;/h5-8,13-14H,10-12H2,1-4H3;5*3-5,7,10H,1-2,6,8H2;1-4,12H,5-7,11H2;3H,1-2H3;7*1H;5*1H;;;;;;;;;;;;;;/q-2;14*-1;;;;;;;;5*+1;;;;;;;/p-4. The first-order chi connectivity index (χ1) is 54.6. The second-order valence-corrected chi connectivity index (χ2v) is 25.9. The zero-order valence-electron chi connectivity index (χ0n) is 65.4. The van der Waals surface area contributed by atoms with Gasteiger partial charge in [-0.2, -0.15) is 81.8 Å². The van der Waals surface area contributed by atoms with Gasteiger partial charge in [0.1, 0.15) is 0 Å². The van der Waals surface area contributed by atoms with Crippen LogP contribution < -0.4 is 26.6 Å². The first kappa shape index (κ1) is 146. The van der Waals surface area contributed by atoms with E-state index in [1.165, 1.54) is 53.1 Å². The SMILES string of the molecule is CC(C)[PH+](CC[N-]Cc1[c-]cccc1)C(C)C.C[CH-]C.PPCC[N-]Cc1ccccn1.[CH-]=O.[CH-]=O.[CH-]=O.[CH-]=O.[CH-]=O.[CH-]=O.[CH-]=O.[CH2-]CCNCc1ccccn1.[CH2-]CCNCc1ccccn1.[CH2-]CCNCc1ccccn1.[CH2-]CCNCc1ccccn1.[CH2-]CCNCc1ccccn1.[Cl][OsH].[Cl][OsH].[Cl][RuH].[Cl][RuH].[Cl][RuH].[OsH].[OsH]. The monoisotopic (exact) mass is 2700 g/mol. The molecule has 0 fully saturated rings. The van der Waals surface area contributed by atoms with E-state index in [9.17, 15) is 0 Å². The normalized spacial score (nSPS) is 8.48. The van der Waals surface area contributed by atoms with Crippen LogP contribution in [0.4, 0.5) is 0 Å². The number of nitrogens with zero attached hydrogens (tertiary/aromatic N) is 8. The van der Waals surface area contributed by atoms with Crippen molar-refractivity contribution in [3.05, 3.63) is 268 Å². The quantitative estimate of drug-likeness (QED) is 0.00861. The fourth-order valence-electron chi connectivity index (χ4n) is 7.23. The molecule has 2 atom stereocenters. The maximum atomic E-state index is 7.75. The molecule has 20 nitrogen and oxygen atoms in total. The minimum atomic E-state index is -0.236. The summed E-state index contributed by atoms with van der Waals surface area (Å²) in [5.74, 6) is 0. The van der Waals surface area contributed by atoms with Gasteiger partial charge in [-0.1, -0.05) is 42.6 Å². The summed E-state index contributed by atoms with van der Waals surface area (Å²) in [6.07, 6.45) is 19.9. The van der Waals surface area contributed by atoms with E-state index < -0.39 is 0 Å². The Hall–Kier alpha value is -1.31. The van der Waals surface area contributed by atoms with E-state index >= 15 is 0 Å². The van der Waals surface area contributed by atoms with Crippen LogP contribution in [0.5, 0.6) is 0 Å². The van der Waals surface area contributed by atoms with Gasteiger partial charge in [-0.25, -0.2) is 0 Å². The molecule has 7 aromatic rings. The molecule has 0 saturated carbocycles. The van der Waals surface area contributed by atoms with Gasteiger partial charge in [0.15, 0.2) is 0 Å². The molecular formula is C78H124Cl5N13O7Os4P3Ru3-15. The predicted octanol–water partition coefficient (Wildman–Crippen LogP) is 14.7. The van der Waals surface area contributed by atoms with Crippen LogP contribution in [0.25, 0.3) is 10.6 Å². The molecule has 0 aliphatic rings. The number of pyridine rings is 6. The van der Waals surface area contributed by atoms with E-state index in [4.69, 9.17) is 52.8 Å². The summed E-state index contributed by atoms with van der Waals surface area (Å²) in [6.45, 7) is 67.4. The van der Waals surface area contributed by atoms with Crippen molar-refractivity contribution in [3.8, 4) is 0 Å². The first-order valence-corrected chi connectivity index (χ1v) is 51.9. The van der Waals surface area contributed by atoms with Crippen molar-refractivity contribution in [3.63, 3.8) is 0 Å². The van der Waals surface area contributed by atoms with Crippen LogP contribution in [0.15, 0.2) is 171 Å². The van der Waals surface area contributed by atoms with Gasteiger partial charge < -0.3 is 112 Å². The molecule has 113 heavy (non-hydrogen) atoms. The number of rotatable bonds is 32. The number of nitrogens with one attached hydrogen (secondary N) is 5. The van der Waals surface area contributed by atoms with Crippen molar-refractivity contribution in [1.82, 2.24) is 56.5 Å². The third-order valence-corrected chi connectivity index (χ3v) is 16.6. The average Bonchev–Trinajstić information content (AvgIpc) is 1.03. The second kappa shape index (κ2) is 152. The van der Waals surface area contributed by atoms with E-state index in [0.29, 0.717) is 0 Å². The molecule has 35 heteroatoms. The van der Waals surface area contributed by atoms with Crippen LogP contribution in [0.1, 0.15) is 113 Å². The molecule has 0 aliphatic carbocycles. The van der Waals surface area contributed by atoms with Crippen molar-refractivity contribution in [2.75, 3.05) is 58.1 Å². The fraction of sp³-hybridized carbons (Fsp3) is 0.372. The zero-order valence-corrected chi connectivity index (χ0v) is 88.7. The van der Waals surface area contributed by atoms with E-state index in [0.717, 1.165) is 177 Å². The van der Waals surface area contributed by atoms with Crippen molar-refractivity contribution in [2.24, 2.45) is 0 Å². The van der Waals surface area contributed by atoms with Gasteiger partial charge in [-0.15, -0.1) is 43.4 Å². The second-order valence-electron chi connectivity index (χ2n) is 19.8. The molecule has 0 radical (unpaired) electrons. The van der Waals surface area contributed by atoms with Crippen molar-refractivity contribution >= 4 is 121 Å². The fourth-order valence-corrected chi connectivity index (χ4v) is 10.8. The summed E-state index contributed by atoms with van der Waals surface area (Å²) in [5, 5.41) is 25.1. The number of hydrogen-bond acceptors (Lipinski definition) is 18. The predicted molar refractivity (Wildman–Crippen MR) is 471 cm³/mol. The molecule has 6 heterocycles. The zero-order chi connectivity index (χ0) is 87.7. The van der Waals surface area contributed by atoms with Gasteiger partial charge in [0, 0.05) is 89.7 Å². The van der Waals surface area contributed by atoms with Crippen molar-refractivity contribution < 1.29 is 160 Å². The molecule has 664 valence electrons. The van der Waals surface area contributed by atoms with Crippen LogP contribution in [-0.4, -0.2) is 147 Å². The van der Waals surface area contributed by atoms with E-state index in [1.54, 1.807) is 82.9 Å². The van der Waals surface area contributed by atoms with Gasteiger partial charge in [0.25, 0.3) is 0 Å². The Bertz CT molecular complexity index is 2340.